The van der Waals surface area contributed by atoms with Crippen LogP contribution >= 0.6 is 90.4 Å². The Balaban J connectivity index is 3.77. The van der Waals surface area contributed by atoms with Gasteiger partial charge >= 0.3 is 11.9 Å². The average Bonchev–Trinajstić information content (AvgIpc) is 2.14. The highest BCUT2D eigenvalue weighted by Crippen LogP contribution is 2.32. The van der Waals surface area contributed by atoms with Gasteiger partial charge in [-0.25, -0.2) is 9.59 Å². The van der Waals surface area contributed by atoms with Crippen molar-refractivity contribution in [2.45, 2.75) is 0 Å². The van der Waals surface area contributed by atoms with Crippen LogP contribution in [0, 0.1) is 14.3 Å². The van der Waals surface area contributed by atoms with E-state index in [4.69, 9.17) is 10.2 Å². The largest absolute Gasteiger partial charge is 0.478 e. The molecule has 1 rings (SSSR count). The molecule has 2 N–H and O–H groups in total. The second-order valence-corrected chi connectivity index (χ2v) is 6.93. The van der Waals surface area contributed by atoms with Crippen molar-refractivity contribution in [3.63, 3.8) is 0 Å². The maximum absolute atomic E-state index is 11.1. The topological polar surface area (TPSA) is 74.6 Å². The molecule has 1 aromatic rings. The molecule has 0 spiro atoms. The highest BCUT2D eigenvalue weighted by atomic mass is 127. The van der Waals surface area contributed by atoms with Crippen molar-refractivity contribution in [3.8, 4) is 0 Å². The summed E-state index contributed by atoms with van der Waals surface area (Å²) >= 11 is 7.45. The van der Waals surface area contributed by atoms with Crippen molar-refractivity contribution >= 4 is 102 Å². The molecule has 8 heteroatoms. The summed E-state index contributed by atoms with van der Waals surface area (Å²) in [5, 5.41) is 18.1. The maximum atomic E-state index is 11.1. The van der Waals surface area contributed by atoms with Crippen molar-refractivity contribution in [2.75, 3.05) is 0 Å². The first-order chi connectivity index (χ1) is 7.29. The van der Waals surface area contributed by atoms with E-state index in [9.17, 15) is 9.59 Å². The SMILES string of the molecule is O=C(O)c1c(I)c(I)c(C(=O)O)c(I)c1I. The van der Waals surface area contributed by atoms with Gasteiger partial charge in [-0.2, -0.15) is 0 Å². The van der Waals surface area contributed by atoms with Crippen molar-refractivity contribution in [1.82, 2.24) is 0 Å². The number of hydrogen-bond donors (Lipinski definition) is 2. The summed E-state index contributed by atoms with van der Waals surface area (Å²) in [6, 6.07) is 0. The summed E-state index contributed by atoms with van der Waals surface area (Å²) in [4.78, 5) is 22.1. The third kappa shape index (κ3) is 2.73. The quantitative estimate of drug-likeness (QED) is 0.374. The molecule has 0 aliphatic heterocycles. The van der Waals surface area contributed by atoms with E-state index in [-0.39, 0.29) is 11.1 Å². The minimum atomic E-state index is -1.04. The Kier molecular flexibility index (Phi) is 5.50. The Morgan fingerprint density at radius 1 is 0.688 bits per heavy atom. The monoisotopic (exact) mass is 670 g/mol. The van der Waals surface area contributed by atoms with Crippen molar-refractivity contribution < 1.29 is 19.8 Å². The van der Waals surface area contributed by atoms with Crippen LogP contribution in [0.3, 0.4) is 0 Å². The second-order valence-electron chi connectivity index (χ2n) is 2.62. The molecule has 0 amide bonds. The fraction of sp³-hybridized carbons (Fsp3) is 0. The van der Waals surface area contributed by atoms with E-state index in [0.717, 1.165) is 0 Å². The summed E-state index contributed by atoms with van der Waals surface area (Å²) in [5.41, 5.74) is 0.333. The van der Waals surface area contributed by atoms with E-state index in [1.807, 2.05) is 90.4 Å². The lowest BCUT2D eigenvalue weighted by Crippen LogP contribution is -2.13. The summed E-state index contributed by atoms with van der Waals surface area (Å²) in [6.07, 6.45) is 0. The first-order valence-electron chi connectivity index (χ1n) is 3.61. The highest BCUT2D eigenvalue weighted by Gasteiger charge is 2.25. The third-order valence-electron chi connectivity index (χ3n) is 1.69. The van der Waals surface area contributed by atoms with E-state index < -0.39 is 11.9 Å². The van der Waals surface area contributed by atoms with Crippen LogP contribution in [0.1, 0.15) is 20.7 Å². The smallest absolute Gasteiger partial charge is 0.337 e. The molecule has 0 bridgehead atoms. The van der Waals surface area contributed by atoms with Gasteiger partial charge in [-0.3, -0.25) is 0 Å². The van der Waals surface area contributed by atoms with Gasteiger partial charge in [0.1, 0.15) is 0 Å². The molecule has 0 aliphatic rings. The minimum Gasteiger partial charge on any atom is -0.478 e. The van der Waals surface area contributed by atoms with Crippen molar-refractivity contribution in [1.29, 1.82) is 0 Å². The van der Waals surface area contributed by atoms with Crippen molar-refractivity contribution in [2.24, 2.45) is 0 Å². The van der Waals surface area contributed by atoms with E-state index in [0.29, 0.717) is 14.3 Å². The molecule has 0 aliphatic carbocycles. The zero-order valence-electron chi connectivity index (χ0n) is 7.22. The number of hydrogen-bond acceptors (Lipinski definition) is 2. The summed E-state index contributed by atoms with van der Waals surface area (Å²) in [6.45, 7) is 0. The molecular formula is C8H2I4O4. The number of aromatic carboxylic acids is 2. The number of halogens is 4. The Morgan fingerprint density at radius 2 is 0.875 bits per heavy atom. The van der Waals surface area contributed by atoms with E-state index in [1.54, 1.807) is 0 Å². The predicted octanol–water partition coefficient (Wildman–Crippen LogP) is 3.50. The third-order valence-corrected chi connectivity index (χ3v) is 8.07. The first kappa shape index (κ1) is 15.1. The molecule has 16 heavy (non-hydrogen) atoms. The number of carbonyl (C=O) groups is 2. The minimum absolute atomic E-state index is 0.167. The Bertz CT molecular complexity index is 423. The normalized spacial score (nSPS) is 10.2. The molecule has 0 atom stereocenters. The Labute approximate surface area is 145 Å². The van der Waals surface area contributed by atoms with Crippen LogP contribution in [-0.2, 0) is 0 Å². The summed E-state index contributed by atoms with van der Waals surface area (Å²) < 4.78 is 1.86. The number of benzene rings is 1. The highest BCUT2D eigenvalue weighted by molar-refractivity contribution is 14.1. The van der Waals surface area contributed by atoms with Crippen LogP contribution in [0.5, 0.6) is 0 Å². The van der Waals surface area contributed by atoms with Gasteiger partial charge in [0.2, 0.25) is 0 Å². The number of rotatable bonds is 2. The van der Waals surface area contributed by atoms with Gasteiger partial charge in [0.15, 0.2) is 0 Å². The van der Waals surface area contributed by atoms with Gasteiger partial charge < -0.3 is 10.2 Å². The van der Waals surface area contributed by atoms with Crippen molar-refractivity contribution in [3.05, 3.63) is 25.4 Å². The van der Waals surface area contributed by atoms with E-state index in [1.165, 1.54) is 0 Å². The lowest BCUT2D eigenvalue weighted by molar-refractivity contribution is 0.0677. The van der Waals surface area contributed by atoms with Gasteiger partial charge in [0, 0.05) is 14.3 Å². The number of carboxylic acid groups (broad SMARTS) is 2. The molecule has 0 aromatic heterocycles. The van der Waals surface area contributed by atoms with Gasteiger partial charge in [-0.05, 0) is 90.4 Å². The molecule has 1 aromatic carbocycles. The lowest BCUT2D eigenvalue weighted by Gasteiger charge is -2.11. The summed E-state index contributed by atoms with van der Waals surface area (Å²) in [7, 11) is 0. The molecule has 0 fully saturated rings. The van der Waals surface area contributed by atoms with Gasteiger partial charge in [0.05, 0.1) is 11.1 Å². The fourth-order valence-electron chi connectivity index (χ4n) is 1.01. The second kappa shape index (κ2) is 5.81. The van der Waals surface area contributed by atoms with Gasteiger partial charge in [-0.1, -0.05) is 0 Å². The molecule has 0 saturated heterocycles. The Morgan fingerprint density at radius 3 is 1.00 bits per heavy atom. The fourth-order valence-corrected chi connectivity index (χ4v) is 5.12. The molecule has 0 unspecified atom stereocenters. The van der Waals surface area contributed by atoms with Crippen LogP contribution < -0.4 is 0 Å². The molecular weight excluding hydrogens is 668 g/mol. The van der Waals surface area contributed by atoms with Crippen LogP contribution in [0.25, 0.3) is 0 Å². The van der Waals surface area contributed by atoms with E-state index >= 15 is 0 Å². The van der Waals surface area contributed by atoms with Crippen LogP contribution in [0.2, 0.25) is 0 Å². The zero-order chi connectivity index (χ0) is 12.6. The number of carboxylic acids is 2. The predicted molar refractivity (Wildman–Crippen MR) is 91.2 cm³/mol. The molecule has 86 valence electrons. The maximum Gasteiger partial charge on any atom is 0.337 e. The first-order valence-corrected chi connectivity index (χ1v) is 7.93. The average molecular weight is 670 g/mol. The van der Waals surface area contributed by atoms with Gasteiger partial charge in [0.25, 0.3) is 0 Å². The Hall–Kier alpha value is 1.08. The zero-order valence-corrected chi connectivity index (χ0v) is 15.9. The molecule has 0 radical (unpaired) electrons. The van der Waals surface area contributed by atoms with Gasteiger partial charge in [-0.15, -0.1) is 0 Å². The van der Waals surface area contributed by atoms with Crippen LogP contribution in [0.15, 0.2) is 0 Å². The molecule has 0 saturated carbocycles. The standard InChI is InChI=1S/C8H2I4O4/c9-3-1(7(13)14)4(10)6(12)2(5(3)11)8(15)16/h(H,13,14)(H,15,16). The van der Waals surface area contributed by atoms with E-state index in [2.05, 4.69) is 0 Å². The lowest BCUT2D eigenvalue weighted by atomic mass is 10.1. The molecule has 4 nitrogen and oxygen atoms in total. The summed E-state index contributed by atoms with van der Waals surface area (Å²) in [5.74, 6) is -2.08. The van der Waals surface area contributed by atoms with Crippen LogP contribution in [-0.4, -0.2) is 22.2 Å². The molecule has 0 heterocycles. The van der Waals surface area contributed by atoms with Crippen LogP contribution in [0.4, 0.5) is 0 Å².